The van der Waals surface area contributed by atoms with Crippen LogP contribution in [0.4, 0.5) is 0 Å². The molecule has 2 aliphatic heterocycles. The summed E-state index contributed by atoms with van der Waals surface area (Å²) in [4.78, 5) is 11.4. The van der Waals surface area contributed by atoms with Crippen molar-refractivity contribution in [3.63, 3.8) is 0 Å². The molecular formula is C16H26N2O3S. The number of hydrogen-bond donors (Lipinski definition) is 2. The SMILES string of the molecule is O=C1NC(=S)NC1=CCCCCCCCOC1CCCCO1. The third-order valence-corrected chi connectivity index (χ3v) is 4.06. The zero-order valence-electron chi connectivity index (χ0n) is 13.1. The summed E-state index contributed by atoms with van der Waals surface area (Å²) in [6.45, 7) is 1.65. The van der Waals surface area contributed by atoms with Crippen molar-refractivity contribution in [1.82, 2.24) is 10.6 Å². The average Bonchev–Trinajstić information content (AvgIpc) is 2.84. The van der Waals surface area contributed by atoms with E-state index in [1.807, 2.05) is 6.08 Å². The maximum atomic E-state index is 11.4. The van der Waals surface area contributed by atoms with Gasteiger partial charge in [0.15, 0.2) is 11.4 Å². The lowest BCUT2D eigenvalue weighted by Gasteiger charge is -2.22. The maximum Gasteiger partial charge on any atom is 0.273 e. The number of nitrogens with one attached hydrogen (secondary N) is 2. The van der Waals surface area contributed by atoms with Crippen molar-refractivity contribution in [1.29, 1.82) is 0 Å². The van der Waals surface area contributed by atoms with Gasteiger partial charge in [-0.2, -0.15) is 0 Å². The fraction of sp³-hybridized carbons (Fsp3) is 0.750. The predicted molar refractivity (Wildman–Crippen MR) is 89.2 cm³/mol. The van der Waals surface area contributed by atoms with Crippen LogP contribution in [-0.4, -0.2) is 30.5 Å². The van der Waals surface area contributed by atoms with E-state index in [4.69, 9.17) is 21.7 Å². The minimum Gasteiger partial charge on any atom is -0.353 e. The molecule has 0 spiro atoms. The van der Waals surface area contributed by atoms with Crippen LogP contribution in [0.5, 0.6) is 0 Å². The van der Waals surface area contributed by atoms with Gasteiger partial charge >= 0.3 is 0 Å². The van der Waals surface area contributed by atoms with Gasteiger partial charge in [0.05, 0.1) is 0 Å². The van der Waals surface area contributed by atoms with E-state index in [0.717, 1.165) is 38.9 Å². The van der Waals surface area contributed by atoms with Crippen molar-refractivity contribution in [2.24, 2.45) is 0 Å². The summed E-state index contributed by atoms with van der Waals surface area (Å²) in [6, 6.07) is 0. The lowest BCUT2D eigenvalue weighted by Crippen LogP contribution is -2.22. The van der Waals surface area contributed by atoms with Gasteiger partial charge in [0.1, 0.15) is 5.70 Å². The van der Waals surface area contributed by atoms with Crippen LogP contribution in [0.15, 0.2) is 11.8 Å². The summed E-state index contributed by atoms with van der Waals surface area (Å²) >= 11 is 4.88. The van der Waals surface area contributed by atoms with Crippen LogP contribution in [0, 0.1) is 0 Å². The first-order valence-corrected chi connectivity index (χ1v) is 8.72. The van der Waals surface area contributed by atoms with E-state index in [1.54, 1.807) is 0 Å². The first-order chi connectivity index (χ1) is 10.8. The molecule has 2 N–H and O–H groups in total. The number of amides is 1. The molecule has 22 heavy (non-hydrogen) atoms. The molecule has 0 aromatic heterocycles. The first-order valence-electron chi connectivity index (χ1n) is 8.31. The summed E-state index contributed by atoms with van der Waals surface area (Å²) in [5.74, 6) is -0.118. The van der Waals surface area contributed by atoms with Crippen LogP contribution >= 0.6 is 12.2 Å². The summed E-state index contributed by atoms with van der Waals surface area (Å²) < 4.78 is 11.2. The van der Waals surface area contributed by atoms with Gasteiger partial charge in [-0.3, -0.25) is 10.1 Å². The molecule has 124 valence electrons. The molecular weight excluding hydrogens is 300 g/mol. The quantitative estimate of drug-likeness (QED) is 0.388. The Morgan fingerprint density at radius 1 is 1.18 bits per heavy atom. The molecule has 0 aromatic carbocycles. The van der Waals surface area contributed by atoms with Gasteiger partial charge in [0.2, 0.25) is 0 Å². The number of hydrogen-bond acceptors (Lipinski definition) is 4. The highest BCUT2D eigenvalue weighted by Crippen LogP contribution is 2.14. The molecule has 1 unspecified atom stereocenters. The summed E-state index contributed by atoms with van der Waals surface area (Å²) in [5.41, 5.74) is 0.589. The zero-order valence-corrected chi connectivity index (χ0v) is 13.9. The highest BCUT2D eigenvalue weighted by atomic mass is 32.1. The smallest absolute Gasteiger partial charge is 0.273 e. The van der Waals surface area contributed by atoms with Crippen molar-refractivity contribution in [3.8, 4) is 0 Å². The molecule has 1 amide bonds. The second-order valence-corrected chi connectivity index (χ2v) is 6.16. The molecule has 1 atom stereocenters. The standard InChI is InChI=1S/C16H26N2O3S/c19-15-13(17-16(22)18-15)9-5-3-1-2-4-7-11-20-14-10-6-8-12-21-14/h9,14H,1-8,10-12H2,(H2,17,18,19,22). The van der Waals surface area contributed by atoms with Gasteiger partial charge in [-0.25, -0.2) is 0 Å². The van der Waals surface area contributed by atoms with Crippen molar-refractivity contribution in [3.05, 3.63) is 11.8 Å². The number of rotatable bonds is 9. The Hall–Kier alpha value is -0.980. The predicted octanol–water partition coefficient (Wildman–Crippen LogP) is 2.76. The van der Waals surface area contributed by atoms with Crippen LogP contribution in [0.2, 0.25) is 0 Å². The van der Waals surface area contributed by atoms with Crippen molar-refractivity contribution >= 4 is 23.2 Å². The Morgan fingerprint density at radius 3 is 2.73 bits per heavy atom. The third kappa shape index (κ3) is 6.42. The Kier molecular flexibility index (Phi) is 7.83. The van der Waals surface area contributed by atoms with E-state index in [-0.39, 0.29) is 12.2 Å². The molecule has 2 saturated heterocycles. The van der Waals surface area contributed by atoms with E-state index in [2.05, 4.69) is 10.6 Å². The molecule has 0 bridgehead atoms. The first kappa shape index (κ1) is 17.4. The fourth-order valence-corrected chi connectivity index (χ4v) is 2.81. The molecule has 2 heterocycles. The minimum absolute atomic E-state index is 0.0384. The van der Waals surface area contributed by atoms with Gasteiger partial charge in [-0.05, 0) is 50.7 Å². The second-order valence-electron chi connectivity index (χ2n) is 5.75. The number of ether oxygens (including phenoxy) is 2. The number of unbranched alkanes of at least 4 members (excludes halogenated alkanes) is 5. The summed E-state index contributed by atoms with van der Waals surface area (Å²) in [5, 5.41) is 5.82. The molecule has 2 rings (SSSR count). The minimum atomic E-state index is -0.118. The Morgan fingerprint density at radius 2 is 2.00 bits per heavy atom. The van der Waals surface area contributed by atoms with E-state index in [1.165, 1.54) is 32.1 Å². The number of carbonyl (C=O) groups is 1. The Balaban J connectivity index is 1.40. The van der Waals surface area contributed by atoms with Gasteiger partial charge in [-0.1, -0.05) is 25.3 Å². The molecule has 2 aliphatic rings. The lowest BCUT2D eigenvalue weighted by atomic mass is 10.1. The highest BCUT2D eigenvalue weighted by molar-refractivity contribution is 7.80. The van der Waals surface area contributed by atoms with Crippen molar-refractivity contribution < 1.29 is 14.3 Å². The molecule has 0 aromatic rings. The second kappa shape index (κ2) is 9.92. The van der Waals surface area contributed by atoms with E-state index in [0.29, 0.717) is 10.8 Å². The van der Waals surface area contributed by atoms with Crippen LogP contribution in [0.3, 0.4) is 0 Å². The molecule has 0 radical (unpaired) electrons. The number of allylic oxidation sites excluding steroid dienone is 1. The topological polar surface area (TPSA) is 59.6 Å². The molecule has 0 aliphatic carbocycles. The van der Waals surface area contributed by atoms with Crippen LogP contribution in [0.25, 0.3) is 0 Å². The Labute approximate surface area is 137 Å². The molecule has 0 saturated carbocycles. The van der Waals surface area contributed by atoms with Gasteiger partial charge in [-0.15, -0.1) is 0 Å². The highest BCUT2D eigenvalue weighted by Gasteiger charge is 2.19. The molecule has 5 nitrogen and oxygen atoms in total. The van der Waals surface area contributed by atoms with E-state index < -0.39 is 0 Å². The van der Waals surface area contributed by atoms with E-state index in [9.17, 15) is 4.79 Å². The maximum absolute atomic E-state index is 11.4. The van der Waals surface area contributed by atoms with Crippen LogP contribution < -0.4 is 10.6 Å². The zero-order chi connectivity index (χ0) is 15.6. The summed E-state index contributed by atoms with van der Waals surface area (Å²) in [7, 11) is 0. The normalized spacial score (nSPS) is 23.6. The van der Waals surface area contributed by atoms with Crippen molar-refractivity contribution in [2.45, 2.75) is 64.1 Å². The fourth-order valence-electron chi connectivity index (χ4n) is 2.61. The lowest BCUT2D eigenvalue weighted by molar-refractivity contribution is -0.162. The molecule has 6 heteroatoms. The summed E-state index contributed by atoms with van der Waals surface area (Å²) in [6.07, 6.45) is 12.1. The van der Waals surface area contributed by atoms with Gasteiger partial charge < -0.3 is 14.8 Å². The van der Waals surface area contributed by atoms with Gasteiger partial charge in [0, 0.05) is 13.2 Å². The largest absolute Gasteiger partial charge is 0.353 e. The third-order valence-electron chi connectivity index (χ3n) is 3.86. The Bertz CT molecular complexity index is 406. The average molecular weight is 326 g/mol. The monoisotopic (exact) mass is 326 g/mol. The number of carbonyl (C=O) groups excluding carboxylic acids is 1. The van der Waals surface area contributed by atoms with Crippen LogP contribution in [-0.2, 0) is 14.3 Å². The molecule has 2 fully saturated rings. The van der Waals surface area contributed by atoms with E-state index >= 15 is 0 Å². The van der Waals surface area contributed by atoms with Crippen LogP contribution in [0.1, 0.15) is 57.8 Å². The van der Waals surface area contributed by atoms with Crippen molar-refractivity contribution in [2.75, 3.05) is 13.2 Å². The van der Waals surface area contributed by atoms with Gasteiger partial charge in [0.25, 0.3) is 5.91 Å². The number of thiocarbonyl (C=S) groups is 1.